The van der Waals surface area contributed by atoms with Gasteiger partial charge in [0, 0.05) is 30.8 Å². The van der Waals surface area contributed by atoms with Gasteiger partial charge >= 0.3 is 0 Å². The second-order valence-corrected chi connectivity index (χ2v) is 5.34. The molecule has 1 aliphatic heterocycles. The maximum atomic E-state index is 12.7. The summed E-state index contributed by atoms with van der Waals surface area (Å²) in [6, 6.07) is 16.6. The van der Waals surface area contributed by atoms with Gasteiger partial charge in [-0.25, -0.2) is 0 Å². The van der Waals surface area contributed by atoms with Crippen LogP contribution in [0.3, 0.4) is 0 Å². The summed E-state index contributed by atoms with van der Waals surface area (Å²) in [4.78, 5) is 15.0. The Labute approximate surface area is 130 Å². The molecule has 0 atom stereocenters. The van der Waals surface area contributed by atoms with Crippen LogP contribution < -0.4 is 0 Å². The summed E-state index contributed by atoms with van der Waals surface area (Å²) in [5.41, 5.74) is 2.96. The van der Waals surface area contributed by atoms with Crippen LogP contribution in [0.15, 0.2) is 60.7 Å². The number of rotatable bonds is 4. The standard InChI is InChI=1S/C19H16N2O/c20-13-15-7-9-16(10-8-15)19(22)18-6-2-1-5-17(18)14-21-11-3-4-12-21/h1-10H,11-12,14H2. The van der Waals surface area contributed by atoms with Crippen LogP contribution >= 0.6 is 0 Å². The van der Waals surface area contributed by atoms with Crippen LogP contribution in [-0.2, 0) is 6.54 Å². The van der Waals surface area contributed by atoms with E-state index in [2.05, 4.69) is 23.1 Å². The zero-order chi connectivity index (χ0) is 15.4. The molecule has 0 unspecified atom stereocenters. The van der Waals surface area contributed by atoms with E-state index in [1.165, 1.54) is 0 Å². The summed E-state index contributed by atoms with van der Waals surface area (Å²) in [5.74, 6) is 0.00671. The predicted molar refractivity (Wildman–Crippen MR) is 85.4 cm³/mol. The molecule has 2 aromatic carbocycles. The van der Waals surface area contributed by atoms with E-state index in [4.69, 9.17) is 5.26 Å². The first-order chi connectivity index (χ1) is 10.8. The molecule has 2 aromatic rings. The van der Waals surface area contributed by atoms with Crippen LogP contribution in [0.1, 0.15) is 27.0 Å². The van der Waals surface area contributed by atoms with Gasteiger partial charge in [0.15, 0.2) is 5.78 Å². The molecule has 108 valence electrons. The molecule has 1 aliphatic rings. The average Bonchev–Trinajstić information content (AvgIpc) is 3.08. The number of nitriles is 1. The van der Waals surface area contributed by atoms with E-state index in [9.17, 15) is 4.79 Å². The van der Waals surface area contributed by atoms with Crippen molar-refractivity contribution >= 4 is 5.78 Å². The molecule has 0 radical (unpaired) electrons. The SMILES string of the molecule is N#Cc1ccc(C(=O)c2ccccc2CN2CC=CC2)cc1. The van der Waals surface area contributed by atoms with Crippen molar-refractivity contribution in [1.82, 2.24) is 4.90 Å². The molecule has 0 N–H and O–H groups in total. The zero-order valence-electron chi connectivity index (χ0n) is 12.2. The summed E-state index contributed by atoms with van der Waals surface area (Å²) in [6.07, 6.45) is 4.29. The minimum Gasteiger partial charge on any atom is -0.292 e. The fraction of sp³-hybridized carbons (Fsp3) is 0.158. The van der Waals surface area contributed by atoms with E-state index < -0.39 is 0 Å². The fourth-order valence-electron chi connectivity index (χ4n) is 2.62. The molecular weight excluding hydrogens is 272 g/mol. The monoisotopic (exact) mass is 288 g/mol. The molecular formula is C19H16N2O. The summed E-state index contributed by atoms with van der Waals surface area (Å²) in [6.45, 7) is 2.63. The fourth-order valence-corrected chi connectivity index (χ4v) is 2.62. The van der Waals surface area contributed by atoms with Gasteiger partial charge < -0.3 is 0 Å². The van der Waals surface area contributed by atoms with E-state index in [1.807, 2.05) is 24.3 Å². The maximum Gasteiger partial charge on any atom is 0.193 e. The Morgan fingerprint density at radius 3 is 2.41 bits per heavy atom. The third-order valence-electron chi connectivity index (χ3n) is 3.83. The summed E-state index contributed by atoms with van der Waals surface area (Å²) in [7, 11) is 0. The van der Waals surface area contributed by atoms with Crippen LogP contribution in [0.5, 0.6) is 0 Å². The molecule has 0 fully saturated rings. The molecule has 0 saturated carbocycles. The van der Waals surface area contributed by atoms with Crippen molar-refractivity contribution in [3.8, 4) is 6.07 Å². The number of carbonyl (C=O) groups is 1. The number of hydrogen-bond donors (Lipinski definition) is 0. The molecule has 3 heteroatoms. The van der Waals surface area contributed by atoms with Gasteiger partial charge in [0.05, 0.1) is 11.6 Å². The summed E-state index contributed by atoms with van der Waals surface area (Å²) < 4.78 is 0. The first-order valence-corrected chi connectivity index (χ1v) is 7.28. The second-order valence-electron chi connectivity index (χ2n) is 5.34. The van der Waals surface area contributed by atoms with Crippen molar-refractivity contribution in [3.63, 3.8) is 0 Å². The molecule has 1 heterocycles. The molecule has 22 heavy (non-hydrogen) atoms. The van der Waals surface area contributed by atoms with E-state index in [0.29, 0.717) is 11.1 Å². The van der Waals surface area contributed by atoms with Crippen molar-refractivity contribution in [3.05, 3.63) is 82.9 Å². The quantitative estimate of drug-likeness (QED) is 0.641. The van der Waals surface area contributed by atoms with Gasteiger partial charge in [-0.15, -0.1) is 0 Å². The van der Waals surface area contributed by atoms with Crippen molar-refractivity contribution in [2.24, 2.45) is 0 Å². The predicted octanol–water partition coefficient (Wildman–Crippen LogP) is 3.16. The van der Waals surface area contributed by atoms with Crippen LogP contribution in [0.2, 0.25) is 0 Å². The molecule has 3 rings (SSSR count). The molecule has 0 amide bonds. The topological polar surface area (TPSA) is 44.1 Å². The highest BCUT2D eigenvalue weighted by Crippen LogP contribution is 2.18. The number of carbonyl (C=O) groups excluding carboxylic acids is 1. The minimum absolute atomic E-state index is 0.00671. The summed E-state index contributed by atoms with van der Waals surface area (Å²) >= 11 is 0. The van der Waals surface area contributed by atoms with Gasteiger partial charge in [0.25, 0.3) is 0 Å². The Hall–Kier alpha value is -2.70. The lowest BCUT2D eigenvalue weighted by atomic mass is 9.97. The Kier molecular flexibility index (Phi) is 4.13. The Bertz CT molecular complexity index is 746. The Morgan fingerprint density at radius 1 is 1.05 bits per heavy atom. The van der Waals surface area contributed by atoms with Crippen molar-refractivity contribution < 1.29 is 4.79 Å². The van der Waals surface area contributed by atoms with E-state index in [-0.39, 0.29) is 5.78 Å². The van der Waals surface area contributed by atoms with Crippen molar-refractivity contribution in [2.75, 3.05) is 13.1 Å². The van der Waals surface area contributed by atoms with E-state index in [0.717, 1.165) is 30.8 Å². The normalized spacial score (nSPS) is 14.0. The van der Waals surface area contributed by atoms with Gasteiger partial charge in [-0.05, 0) is 29.8 Å². The van der Waals surface area contributed by atoms with Crippen LogP contribution in [0.25, 0.3) is 0 Å². The Balaban J connectivity index is 1.86. The highest BCUT2D eigenvalue weighted by atomic mass is 16.1. The molecule has 0 spiro atoms. The Morgan fingerprint density at radius 2 is 1.73 bits per heavy atom. The van der Waals surface area contributed by atoms with Crippen molar-refractivity contribution in [1.29, 1.82) is 5.26 Å². The third kappa shape index (κ3) is 2.98. The van der Waals surface area contributed by atoms with E-state index in [1.54, 1.807) is 24.3 Å². The van der Waals surface area contributed by atoms with Gasteiger partial charge in [-0.1, -0.05) is 36.4 Å². The molecule has 0 bridgehead atoms. The molecule has 3 nitrogen and oxygen atoms in total. The van der Waals surface area contributed by atoms with Crippen LogP contribution in [-0.4, -0.2) is 23.8 Å². The highest BCUT2D eigenvalue weighted by molar-refractivity contribution is 6.09. The van der Waals surface area contributed by atoms with Gasteiger partial charge in [0.2, 0.25) is 0 Å². The second kappa shape index (κ2) is 6.38. The lowest BCUT2D eigenvalue weighted by Crippen LogP contribution is -2.21. The zero-order valence-corrected chi connectivity index (χ0v) is 12.2. The van der Waals surface area contributed by atoms with Crippen LogP contribution in [0.4, 0.5) is 0 Å². The minimum atomic E-state index is 0.00671. The molecule has 0 aromatic heterocycles. The molecule has 0 saturated heterocycles. The van der Waals surface area contributed by atoms with Gasteiger partial charge in [0.1, 0.15) is 0 Å². The number of ketones is 1. The lowest BCUT2D eigenvalue weighted by molar-refractivity contribution is 0.103. The first-order valence-electron chi connectivity index (χ1n) is 7.28. The number of hydrogen-bond acceptors (Lipinski definition) is 3. The van der Waals surface area contributed by atoms with Gasteiger partial charge in [-0.2, -0.15) is 5.26 Å². The number of benzene rings is 2. The number of nitrogens with zero attached hydrogens (tertiary/aromatic N) is 2. The maximum absolute atomic E-state index is 12.7. The third-order valence-corrected chi connectivity index (χ3v) is 3.83. The van der Waals surface area contributed by atoms with E-state index >= 15 is 0 Å². The lowest BCUT2D eigenvalue weighted by Gasteiger charge is -2.17. The smallest absolute Gasteiger partial charge is 0.193 e. The van der Waals surface area contributed by atoms with Crippen molar-refractivity contribution in [2.45, 2.75) is 6.54 Å². The summed E-state index contributed by atoms with van der Waals surface area (Å²) in [5, 5.41) is 8.84. The average molecular weight is 288 g/mol. The highest BCUT2D eigenvalue weighted by Gasteiger charge is 2.15. The van der Waals surface area contributed by atoms with Crippen LogP contribution in [0, 0.1) is 11.3 Å². The first kappa shape index (κ1) is 14.2. The molecule has 0 aliphatic carbocycles. The van der Waals surface area contributed by atoms with Gasteiger partial charge in [-0.3, -0.25) is 9.69 Å². The largest absolute Gasteiger partial charge is 0.292 e.